The summed E-state index contributed by atoms with van der Waals surface area (Å²) in [5.74, 6) is 0. The molecule has 0 saturated carbocycles. The second-order valence-electron chi connectivity index (χ2n) is 6.85. The molecular weight excluding hydrogens is 376 g/mol. The molecular formula is C18H26O10. The standard InChI is InChI=1S/C18H26O10/c19-6-10-12(20)14(22)16(24)18(27-10)28-11-8-26-17(15(23)13(11)21)25-7-9-4-2-1-3-5-9/h1-5,10-24H,6-8H2/t10-,11+,12+,13-,14-,15+,16-,17+,18-/m1/s1. The van der Waals surface area contributed by atoms with Gasteiger partial charge in [-0.2, -0.15) is 0 Å². The summed E-state index contributed by atoms with van der Waals surface area (Å²) in [4.78, 5) is 0. The van der Waals surface area contributed by atoms with E-state index >= 15 is 0 Å². The predicted molar refractivity (Wildman–Crippen MR) is 91.6 cm³/mol. The molecule has 0 amide bonds. The quantitative estimate of drug-likeness (QED) is 0.300. The molecule has 0 spiro atoms. The summed E-state index contributed by atoms with van der Waals surface area (Å²) in [5.41, 5.74) is 0.868. The van der Waals surface area contributed by atoms with Gasteiger partial charge in [-0.25, -0.2) is 0 Å². The molecule has 2 heterocycles. The summed E-state index contributed by atoms with van der Waals surface area (Å²) >= 11 is 0. The zero-order valence-corrected chi connectivity index (χ0v) is 15.0. The molecule has 0 radical (unpaired) electrons. The predicted octanol–water partition coefficient (Wildman–Crippen LogP) is -2.53. The van der Waals surface area contributed by atoms with Gasteiger partial charge in [0.25, 0.3) is 0 Å². The monoisotopic (exact) mass is 402 g/mol. The number of benzene rings is 1. The average molecular weight is 402 g/mol. The molecule has 0 aromatic heterocycles. The average Bonchev–Trinajstić information content (AvgIpc) is 2.71. The maximum atomic E-state index is 10.3. The Hall–Kier alpha value is -1.18. The van der Waals surface area contributed by atoms with Gasteiger partial charge in [-0.05, 0) is 5.56 Å². The van der Waals surface area contributed by atoms with Crippen LogP contribution in [0.25, 0.3) is 0 Å². The third-order valence-corrected chi connectivity index (χ3v) is 4.85. The number of rotatable bonds is 6. The van der Waals surface area contributed by atoms with Crippen LogP contribution in [0.3, 0.4) is 0 Å². The molecule has 0 aliphatic carbocycles. The minimum Gasteiger partial charge on any atom is -0.394 e. The SMILES string of the molecule is OC[C@H]1O[C@H](O[C@H]2CO[C@H](OCc3ccccc3)[C@@H](O)[C@@H]2O)[C@H](O)[C@H](O)[C@H]1O. The Balaban J connectivity index is 1.55. The van der Waals surface area contributed by atoms with Crippen LogP contribution in [0.5, 0.6) is 0 Å². The van der Waals surface area contributed by atoms with E-state index in [1.54, 1.807) is 0 Å². The first-order valence-corrected chi connectivity index (χ1v) is 9.01. The first kappa shape index (κ1) is 21.5. The van der Waals surface area contributed by atoms with Crippen LogP contribution >= 0.6 is 0 Å². The Labute approximate surface area is 161 Å². The highest BCUT2D eigenvalue weighted by molar-refractivity contribution is 5.13. The largest absolute Gasteiger partial charge is 0.394 e. The highest BCUT2D eigenvalue weighted by Crippen LogP contribution is 2.26. The maximum Gasteiger partial charge on any atom is 0.187 e. The molecule has 1 aromatic rings. The van der Waals surface area contributed by atoms with Crippen molar-refractivity contribution in [2.45, 2.75) is 61.9 Å². The number of ether oxygens (including phenoxy) is 4. The van der Waals surface area contributed by atoms with Crippen LogP contribution < -0.4 is 0 Å². The summed E-state index contributed by atoms with van der Waals surface area (Å²) in [6.07, 6.45) is -12.3. The molecule has 28 heavy (non-hydrogen) atoms. The Kier molecular flexibility index (Phi) is 7.34. The van der Waals surface area contributed by atoms with E-state index in [0.717, 1.165) is 5.56 Å². The van der Waals surface area contributed by atoms with Crippen molar-refractivity contribution in [3.8, 4) is 0 Å². The Morgan fingerprint density at radius 3 is 2.21 bits per heavy atom. The van der Waals surface area contributed by atoms with Crippen molar-refractivity contribution in [3.63, 3.8) is 0 Å². The van der Waals surface area contributed by atoms with E-state index in [-0.39, 0.29) is 13.2 Å². The fourth-order valence-electron chi connectivity index (χ4n) is 3.14. The zero-order chi connectivity index (χ0) is 20.3. The maximum absolute atomic E-state index is 10.3. The van der Waals surface area contributed by atoms with Crippen LogP contribution in [0.4, 0.5) is 0 Å². The van der Waals surface area contributed by atoms with E-state index in [1.807, 2.05) is 30.3 Å². The fourth-order valence-corrected chi connectivity index (χ4v) is 3.14. The molecule has 2 saturated heterocycles. The highest BCUT2D eigenvalue weighted by atomic mass is 16.7. The lowest BCUT2D eigenvalue weighted by atomic mass is 9.99. The molecule has 3 rings (SSSR count). The Bertz CT molecular complexity index is 599. The smallest absolute Gasteiger partial charge is 0.187 e. The fraction of sp³-hybridized carbons (Fsp3) is 0.667. The van der Waals surface area contributed by atoms with Gasteiger partial charge < -0.3 is 49.6 Å². The first-order chi connectivity index (χ1) is 13.4. The van der Waals surface area contributed by atoms with E-state index in [0.29, 0.717) is 0 Å². The molecule has 9 atom stereocenters. The lowest BCUT2D eigenvalue weighted by molar-refractivity contribution is -0.344. The normalized spacial score (nSPS) is 41.7. The minimum absolute atomic E-state index is 0.174. The van der Waals surface area contributed by atoms with Crippen molar-refractivity contribution in [3.05, 3.63) is 35.9 Å². The van der Waals surface area contributed by atoms with Gasteiger partial charge in [0.15, 0.2) is 12.6 Å². The van der Waals surface area contributed by atoms with Gasteiger partial charge in [0.05, 0.1) is 19.8 Å². The second-order valence-corrected chi connectivity index (χ2v) is 6.85. The van der Waals surface area contributed by atoms with E-state index < -0.39 is 61.9 Å². The van der Waals surface area contributed by atoms with Gasteiger partial charge in [0.1, 0.15) is 42.7 Å². The van der Waals surface area contributed by atoms with Crippen LogP contribution in [-0.2, 0) is 25.6 Å². The molecule has 0 bridgehead atoms. The summed E-state index contributed by atoms with van der Waals surface area (Å²) in [5, 5.41) is 59.4. The molecule has 2 fully saturated rings. The van der Waals surface area contributed by atoms with Gasteiger partial charge in [0, 0.05) is 0 Å². The second kappa shape index (κ2) is 9.55. The third-order valence-electron chi connectivity index (χ3n) is 4.85. The van der Waals surface area contributed by atoms with Crippen LogP contribution in [0.15, 0.2) is 30.3 Å². The van der Waals surface area contributed by atoms with Gasteiger partial charge >= 0.3 is 0 Å². The summed E-state index contributed by atoms with van der Waals surface area (Å²) < 4.78 is 21.6. The highest BCUT2D eigenvalue weighted by Gasteiger charge is 2.47. The van der Waals surface area contributed by atoms with Crippen molar-refractivity contribution in [1.82, 2.24) is 0 Å². The van der Waals surface area contributed by atoms with E-state index in [9.17, 15) is 30.6 Å². The third kappa shape index (κ3) is 4.69. The summed E-state index contributed by atoms with van der Waals surface area (Å²) in [7, 11) is 0. The molecule has 158 valence electrons. The molecule has 2 aliphatic heterocycles. The molecule has 10 heteroatoms. The van der Waals surface area contributed by atoms with E-state index in [2.05, 4.69) is 0 Å². The van der Waals surface area contributed by atoms with Gasteiger partial charge in [-0.15, -0.1) is 0 Å². The topological polar surface area (TPSA) is 158 Å². The van der Waals surface area contributed by atoms with Crippen molar-refractivity contribution in [2.75, 3.05) is 13.2 Å². The molecule has 0 unspecified atom stereocenters. The zero-order valence-electron chi connectivity index (χ0n) is 15.0. The van der Waals surface area contributed by atoms with E-state index in [4.69, 9.17) is 18.9 Å². The number of aliphatic hydroxyl groups excluding tert-OH is 6. The van der Waals surface area contributed by atoms with Crippen molar-refractivity contribution in [2.24, 2.45) is 0 Å². The van der Waals surface area contributed by atoms with E-state index in [1.165, 1.54) is 0 Å². The van der Waals surface area contributed by atoms with Crippen LogP contribution in [0, 0.1) is 0 Å². The first-order valence-electron chi connectivity index (χ1n) is 9.01. The van der Waals surface area contributed by atoms with Gasteiger partial charge in [0.2, 0.25) is 0 Å². The number of aliphatic hydroxyl groups is 6. The lowest BCUT2D eigenvalue weighted by Gasteiger charge is -2.43. The van der Waals surface area contributed by atoms with Gasteiger partial charge in [-0.1, -0.05) is 30.3 Å². The Morgan fingerprint density at radius 2 is 1.54 bits per heavy atom. The summed E-state index contributed by atoms with van der Waals surface area (Å²) in [6.45, 7) is -0.604. The van der Waals surface area contributed by atoms with Crippen molar-refractivity contribution >= 4 is 0 Å². The Morgan fingerprint density at radius 1 is 0.857 bits per heavy atom. The number of hydrogen-bond donors (Lipinski definition) is 6. The van der Waals surface area contributed by atoms with Crippen LogP contribution in [0.1, 0.15) is 5.56 Å². The van der Waals surface area contributed by atoms with Crippen molar-refractivity contribution < 1.29 is 49.6 Å². The summed E-state index contributed by atoms with van der Waals surface area (Å²) in [6, 6.07) is 9.24. The molecule has 1 aromatic carbocycles. The molecule has 6 N–H and O–H groups in total. The van der Waals surface area contributed by atoms with Crippen LogP contribution in [-0.4, -0.2) is 99.2 Å². The lowest BCUT2D eigenvalue weighted by Crippen LogP contribution is -2.62. The molecule has 2 aliphatic rings. The van der Waals surface area contributed by atoms with Gasteiger partial charge in [-0.3, -0.25) is 0 Å². The molecule has 10 nitrogen and oxygen atoms in total. The van der Waals surface area contributed by atoms with Crippen molar-refractivity contribution in [1.29, 1.82) is 0 Å². The number of hydrogen-bond acceptors (Lipinski definition) is 10. The minimum atomic E-state index is -1.62. The van der Waals surface area contributed by atoms with Crippen LogP contribution in [0.2, 0.25) is 0 Å².